The lowest BCUT2D eigenvalue weighted by molar-refractivity contribution is 0.0897. The van der Waals surface area contributed by atoms with E-state index in [4.69, 9.17) is 24.7 Å². The lowest BCUT2D eigenvalue weighted by Crippen LogP contribution is -2.32. The van der Waals surface area contributed by atoms with Gasteiger partial charge in [0.1, 0.15) is 11.6 Å². The van der Waals surface area contributed by atoms with Gasteiger partial charge in [0.05, 0.1) is 32.8 Å². The maximum absolute atomic E-state index is 13.4. The Bertz CT molecular complexity index is 1210. The maximum atomic E-state index is 13.4. The molecule has 0 radical (unpaired) electrons. The van der Waals surface area contributed by atoms with Crippen LogP contribution in [0.5, 0.6) is 17.2 Å². The summed E-state index contributed by atoms with van der Waals surface area (Å²) in [7, 11) is 4.38. The van der Waals surface area contributed by atoms with Gasteiger partial charge in [-0.15, -0.1) is 0 Å². The Morgan fingerprint density at radius 1 is 0.968 bits per heavy atom. The fourth-order valence-electron chi connectivity index (χ4n) is 3.91. The zero-order valence-electron chi connectivity index (χ0n) is 17.0. The van der Waals surface area contributed by atoms with Gasteiger partial charge in [-0.3, -0.25) is 9.59 Å². The number of ketones is 2. The van der Waals surface area contributed by atoms with E-state index < -0.39 is 17.5 Å². The summed E-state index contributed by atoms with van der Waals surface area (Å²) in [6.45, 7) is 0. The van der Waals surface area contributed by atoms with Crippen LogP contribution in [0.25, 0.3) is 0 Å². The number of fused-ring (bicyclic) bond motifs is 1. The molecule has 1 unspecified atom stereocenters. The first-order chi connectivity index (χ1) is 15.0. The number of hydrogen-bond acceptors (Lipinski definition) is 8. The third-order valence-corrected chi connectivity index (χ3v) is 5.31. The van der Waals surface area contributed by atoms with E-state index in [-0.39, 0.29) is 33.9 Å². The molecule has 8 heteroatoms. The van der Waals surface area contributed by atoms with Crippen molar-refractivity contribution in [2.24, 2.45) is 5.73 Å². The standard InChI is InChI=1S/C23H18N2O6/c1-28-15-8-11(9-16(29-2)21(15)30-3)17-14(10-24)23(25)31-22-18(17)19(26)12-6-4-5-7-13(12)20(22)27/h4-9,17H,25H2,1-3H3. The van der Waals surface area contributed by atoms with Crippen molar-refractivity contribution in [1.29, 1.82) is 5.26 Å². The lowest BCUT2D eigenvalue weighted by atomic mass is 9.75. The number of carbonyl (C=O) groups is 2. The molecule has 2 N–H and O–H groups in total. The van der Waals surface area contributed by atoms with E-state index in [0.717, 1.165) is 0 Å². The van der Waals surface area contributed by atoms with E-state index in [1.54, 1.807) is 36.4 Å². The Balaban J connectivity index is 2.00. The normalized spacial score (nSPS) is 17.4. The zero-order chi connectivity index (χ0) is 22.3. The highest BCUT2D eigenvalue weighted by Gasteiger charge is 2.44. The summed E-state index contributed by atoms with van der Waals surface area (Å²) in [6.07, 6.45) is 0. The molecule has 0 fully saturated rings. The van der Waals surface area contributed by atoms with Crippen molar-refractivity contribution in [2.75, 3.05) is 21.3 Å². The average molecular weight is 418 g/mol. The second kappa shape index (κ2) is 7.54. The molecule has 1 aliphatic carbocycles. The minimum Gasteiger partial charge on any atom is -0.493 e. The van der Waals surface area contributed by atoms with E-state index in [1.807, 2.05) is 6.07 Å². The fraction of sp³-hybridized carbons (Fsp3) is 0.174. The smallest absolute Gasteiger partial charge is 0.229 e. The highest BCUT2D eigenvalue weighted by Crippen LogP contribution is 2.48. The predicted molar refractivity (Wildman–Crippen MR) is 109 cm³/mol. The van der Waals surface area contributed by atoms with Gasteiger partial charge >= 0.3 is 0 Å². The SMILES string of the molecule is COc1cc(C2C(C#N)=C(N)OC3=C2C(=O)c2ccccc2C3=O)cc(OC)c1OC. The molecule has 0 saturated heterocycles. The van der Waals surface area contributed by atoms with Crippen molar-refractivity contribution in [3.63, 3.8) is 0 Å². The lowest BCUT2D eigenvalue weighted by Gasteiger charge is -2.31. The van der Waals surface area contributed by atoms with Crippen molar-refractivity contribution in [2.45, 2.75) is 5.92 Å². The Morgan fingerprint density at radius 2 is 1.55 bits per heavy atom. The molecule has 0 aromatic heterocycles. The summed E-state index contributed by atoms with van der Waals surface area (Å²) in [5.74, 6) is -1.24. The number of Topliss-reactive ketones (excluding diaryl/α,β-unsaturated/α-hetero) is 2. The molecule has 0 spiro atoms. The first kappa shape index (κ1) is 20.0. The van der Waals surface area contributed by atoms with E-state index in [0.29, 0.717) is 22.8 Å². The van der Waals surface area contributed by atoms with Gasteiger partial charge in [-0.25, -0.2) is 0 Å². The number of ether oxygens (including phenoxy) is 4. The molecule has 31 heavy (non-hydrogen) atoms. The summed E-state index contributed by atoms with van der Waals surface area (Å²) in [6, 6.07) is 11.7. The van der Waals surface area contributed by atoms with Crippen LogP contribution >= 0.6 is 0 Å². The zero-order valence-corrected chi connectivity index (χ0v) is 17.0. The molecule has 2 aromatic carbocycles. The first-order valence-electron chi connectivity index (χ1n) is 9.26. The molecular weight excluding hydrogens is 400 g/mol. The van der Waals surface area contributed by atoms with Gasteiger partial charge in [-0.1, -0.05) is 24.3 Å². The summed E-state index contributed by atoms with van der Waals surface area (Å²) < 4.78 is 21.7. The molecule has 0 saturated carbocycles. The number of benzene rings is 2. The number of methoxy groups -OCH3 is 3. The van der Waals surface area contributed by atoms with Crippen molar-refractivity contribution < 1.29 is 28.5 Å². The van der Waals surface area contributed by atoms with Gasteiger partial charge in [0, 0.05) is 11.1 Å². The van der Waals surface area contributed by atoms with E-state index in [2.05, 4.69) is 0 Å². The van der Waals surface area contributed by atoms with E-state index in [1.165, 1.54) is 21.3 Å². The number of hydrogen-bond donors (Lipinski definition) is 1. The molecule has 0 bridgehead atoms. The third kappa shape index (κ3) is 2.90. The predicted octanol–water partition coefficient (Wildman–Crippen LogP) is 2.85. The number of nitrogens with two attached hydrogens (primary N) is 1. The highest BCUT2D eigenvalue weighted by atomic mass is 16.5. The van der Waals surface area contributed by atoms with Crippen LogP contribution in [0.2, 0.25) is 0 Å². The van der Waals surface area contributed by atoms with Crippen LogP contribution in [0, 0.1) is 11.3 Å². The van der Waals surface area contributed by atoms with Gasteiger partial charge < -0.3 is 24.7 Å². The second-order valence-corrected chi connectivity index (χ2v) is 6.83. The van der Waals surface area contributed by atoms with Crippen LogP contribution in [0.4, 0.5) is 0 Å². The number of nitrogens with zero attached hydrogens (tertiary/aromatic N) is 1. The maximum Gasteiger partial charge on any atom is 0.229 e. The number of allylic oxidation sites excluding steroid dienone is 3. The molecule has 1 atom stereocenters. The highest BCUT2D eigenvalue weighted by molar-refractivity contribution is 6.27. The molecule has 1 heterocycles. The van der Waals surface area contributed by atoms with Crippen molar-refractivity contribution in [3.8, 4) is 23.3 Å². The Morgan fingerprint density at radius 3 is 2.06 bits per heavy atom. The summed E-state index contributed by atoms with van der Waals surface area (Å²) in [4.78, 5) is 26.5. The van der Waals surface area contributed by atoms with Crippen molar-refractivity contribution in [1.82, 2.24) is 0 Å². The quantitative estimate of drug-likeness (QED) is 0.805. The number of nitriles is 1. The number of rotatable bonds is 4. The second-order valence-electron chi connectivity index (χ2n) is 6.83. The van der Waals surface area contributed by atoms with E-state index in [9.17, 15) is 14.9 Å². The molecule has 156 valence electrons. The van der Waals surface area contributed by atoms with Gasteiger partial charge in [-0.05, 0) is 17.7 Å². The fourth-order valence-corrected chi connectivity index (χ4v) is 3.91. The minimum absolute atomic E-state index is 0.00792. The monoisotopic (exact) mass is 418 g/mol. The minimum atomic E-state index is -0.952. The van der Waals surface area contributed by atoms with Gasteiger partial charge in [0.15, 0.2) is 23.0 Å². The summed E-state index contributed by atoms with van der Waals surface area (Å²) >= 11 is 0. The molecular formula is C23H18N2O6. The van der Waals surface area contributed by atoms with Gasteiger partial charge in [0.2, 0.25) is 17.4 Å². The van der Waals surface area contributed by atoms with Crippen LogP contribution < -0.4 is 19.9 Å². The summed E-state index contributed by atoms with van der Waals surface area (Å²) in [5, 5.41) is 9.81. The van der Waals surface area contributed by atoms with E-state index >= 15 is 0 Å². The molecule has 2 aromatic rings. The molecule has 2 aliphatic rings. The first-order valence-corrected chi connectivity index (χ1v) is 9.26. The molecule has 0 amide bonds. The van der Waals surface area contributed by atoms with Crippen LogP contribution in [-0.4, -0.2) is 32.9 Å². The van der Waals surface area contributed by atoms with Crippen LogP contribution in [0.15, 0.2) is 59.2 Å². The Kier molecular flexibility index (Phi) is 4.87. The molecule has 1 aliphatic heterocycles. The van der Waals surface area contributed by atoms with Crippen LogP contribution in [0.1, 0.15) is 32.2 Å². The Hall–Kier alpha value is -4.25. The van der Waals surface area contributed by atoms with Crippen LogP contribution in [-0.2, 0) is 4.74 Å². The molecule has 4 rings (SSSR count). The van der Waals surface area contributed by atoms with Gasteiger partial charge in [-0.2, -0.15) is 5.26 Å². The van der Waals surface area contributed by atoms with Crippen LogP contribution in [0.3, 0.4) is 0 Å². The van der Waals surface area contributed by atoms with Crippen molar-refractivity contribution in [3.05, 3.63) is 75.9 Å². The van der Waals surface area contributed by atoms with Crippen molar-refractivity contribution >= 4 is 11.6 Å². The molecule has 8 nitrogen and oxygen atoms in total. The topological polar surface area (TPSA) is 121 Å². The third-order valence-electron chi connectivity index (χ3n) is 5.31. The largest absolute Gasteiger partial charge is 0.493 e. The summed E-state index contributed by atoms with van der Waals surface area (Å²) in [5.41, 5.74) is 6.98. The van der Waals surface area contributed by atoms with Gasteiger partial charge in [0.25, 0.3) is 0 Å². The Labute approximate surface area is 178 Å². The number of carbonyl (C=O) groups excluding carboxylic acids is 2. The average Bonchev–Trinajstić information content (AvgIpc) is 2.80.